The fraction of sp³-hybridized carbons (Fsp3) is 0.333. The molecule has 0 heterocycles. The van der Waals surface area contributed by atoms with Crippen LogP contribution in [0.25, 0.3) is 0 Å². The lowest BCUT2D eigenvalue weighted by atomic mass is 10.2. The number of terminal acetylenes is 1. The first-order chi connectivity index (χ1) is 7.74. The first kappa shape index (κ1) is 12.1. The summed E-state index contributed by atoms with van der Waals surface area (Å²) in [5.41, 5.74) is 1.00. The number of unbranched alkanes of at least 4 members (excludes halogenated alkanes) is 2. The Morgan fingerprint density at radius 2 is 2.00 bits per heavy atom. The van der Waals surface area contributed by atoms with E-state index in [1.54, 1.807) is 12.1 Å². The van der Waals surface area contributed by atoms with Gasteiger partial charge in [-0.15, -0.1) is 12.3 Å². The van der Waals surface area contributed by atoms with Crippen LogP contribution in [0.15, 0.2) is 24.3 Å². The van der Waals surface area contributed by atoms with Crippen molar-refractivity contribution < 1.29 is 4.92 Å². The molecule has 4 nitrogen and oxygen atoms in total. The third-order valence-corrected chi connectivity index (χ3v) is 2.16. The fourth-order valence-corrected chi connectivity index (χ4v) is 1.29. The fourth-order valence-electron chi connectivity index (χ4n) is 1.29. The Bertz CT molecular complexity index is 379. The van der Waals surface area contributed by atoms with Crippen LogP contribution >= 0.6 is 0 Å². The van der Waals surface area contributed by atoms with Gasteiger partial charge >= 0.3 is 0 Å². The third kappa shape index (κ3) is 4.01. The monoisotopic (exact) mass is 218 g/mol. The Balaban J connectivity index is 2.33. The van der Waals surface area contributed by atoms with Gasteiger partial charge in [0.25, 0.3) is 5.69 Å². The molecule has 4 heteroatoms. The van der Waals surface area contributed by atoms with E-state index in [-0.39, 0.29) is 5.69 Å². The van der Waals surface area contributed by atoms with Crippen LogP contribution in [0, 0.1) is 22.5 Å². The van der Waals surface area contributed by atoms with Gasteiger partial charge in [0.05, 0.1) is 4.92 Å². The van der Waals surface area contributed by atoms with Crippen molar-refractivity contribution in [3.63, 3.8) is 0 Å². The SMILES string of the molecule is C#CCCCCNc1ccc([N+](=O)[O-])cc1. The number of nitrogens with zero attached hydrogens (tertiary/aromatic N) is 1. The van der Waals surface area contributed by atoms with Crippen LogP contribution in [0.3, 0.4) is 0 Å². The topological polar surface area (TPSA) is 55.2 Å². The third-order valence-electron chi connectivity index (χ3n) is 2.16. The summed E-state index contributed by atoms with van der Waals surface area (Å²) in [6, 6.07) is 6.40. The number of nitro benzene ring substituents is 1. The lowest BCUT2D eigenvalue weighted by Gasteiger charge is -2.04. The van der Waals surface area contributed by atoms with Gasteiger partial charge in [-0.3, -0.25) is 10.1 Å². The maximum atomic E-state index is 10.4. The molecule has 0 saturated carbocycles. The van der Waals surface area contributed by atoms with Crippen LogP contribution in [0.4, 0.5) is 11.4 Å². The zero-order valence-corrected chi connectivity index (χ0v) is 8.98. The number of rotatable bonds is 6. The molecule has 0 amide bonds. The Labute approximate surface area is 94.8 Å². The molecule has 1 aromatic rings. The maximum absolute atomic E-state index is 10.4. The molecule has 0 atom stereocenters. The van der Waals surface area contributed by atoms with Crippen molar-refractivity contribution in [1.29, 1.82) is 0 Å². The second kappa shape index (κ2) is 6.46. The van der Waals surface area contributed by atoms with E-state index in [2.05, 4.69) is 11.2 Å². The summed E-state index contributed by atoms with van der Waals surface area (Å²) >= 11 is 0. The molecule has 0 aliphatic carbocycles. The zero-order valence-electron chi connectivity index (χ0n) is 8.98. The van der Waals surface area contributed by atoms with Gasteiger partial charge in [-0.25, -0.2) is 0 Å². The number of non-ortho nitro benzene ring substituents is 1. The lowest BCUT2D eigenvalue weighted by Crippen LogP contribution is -2.01. The van der Waals surface area contributed by atoms with Gasteiger partial charge < -0.3 is 5.32 Å². The summed E-state index contributed by atoms with van der Waals surface area (Å²) in [6.45, 7) is 0.833. The Hall–Kier alpha value is -2.02. The molecule has 1 rings (SSSR count). The Morgan fingerprint density at radius 3 is 2.56 bits per heavy atom. The van der Waals surface area contributed by atoms with Crippen LogP contribution in [-0.2, 0) is 0 Å². The quantitative estimate of drug-likeness (QED) is 0.345. The van der Waals surface area contributed by atoms with Gasteiger partial charge in [0.1, 0.15) is 0 Å². The first-order valence-corrected chi connectivity index (χ1v) is 5.16. The summed E-state index contributed by atoms with van der Waals surface area (Å²) in [5.74, 6) is 2.58. The lowest BCUT2D eigenvalue weighted by molar-refractivity contribution is -0.384. The standard InChI is InChI=1S/C12H14N2O2/c1-2-3-4-5-10-13-11-6-8-12(9-7-11)14(15)16/h1,6-9,13H,3-5,10H2. The van der Waals surface area contributed by atoms with Crippen molar-refractivity contribution in [3.05, 3.63) is 34.4 Å². The van der Waals surface area contributed by atoms with E-state index in [9.17, 15) is 10.1 Å². The predicted molar refractivity (Wildman–Crippen MR) is 64.3 cm³/mol. The van der Waals surface area contributed by atoms with Crippen LogP contribution < -0.4 is 5.32 Å². The molecule has 0 fully saturated rings. The molecular formula is C12H14N2O2. The number of nitrogens with one attached hydrogen (secondary N) is 1. The number of nitro groups is 1. The Morgan fingerprint density at radius 1 is 1.31 bits per heavy atom. The summed E-state index contributed by atoms with van der Waals surface area (Å²) in [4.78, 5) is 10.0. The van der Waals surface area contributed by atoms with Gasteiger partial charge in [0.15, 0.2) is 0 Å². The molecule has 16 heavy (non-hydrogen) atoms. The number of benzene rings is 1. The highest BCUT2D eigenvalue weighted by atomic mass is 16.6. The number of anilines is 1. The molecule has 0 unspecified atom stereocenters. The minimum atomic E-state index is -0.406. The highest BCUT2D eigenvalue weighted by Crippen LogP contribution is 2.15. The molecule has 0 spiro atoms. The molecule has 1 aromatic carbocycles. The largest absolute Gasteiger partial charge is 0.385 e. The van der Waals surface area contributed by atoms with Gasteiger partial charge in [0.2, 0.25) is 0 Å². The predicted octanol–water partition coefficient (Wildman–Crippen LogP) is 2.81. The molecule has 0 saturated heterocycles. The summed E-state index contributed by atoms with van der Waals surface area (Å²) < 4.78 is 0. The minimum Gasteiger partial charge on any atom is -0.385 e. The number of hydrogen-bond donors (Lipinski definition) is 1. The molecule has 1 N–H and O–H groups in total. The molecular weight excluding hydrogens is 204 g/mol. The smallest absolute Gasteiger partial charge is 0.269 e. The van der Waals surface area contributed by atoms with Crippen LogP contribution in [-0.4, -0.2) is 11.5 Å². The molecule has 84 valence electrons. The van der Waals surface area contributed by atoms with Crippen LogP contribution in [0.5, 0.6) is 0 Å². The maximum Gasteiger partial charge on any atom is 0.269 e. The summed E-state index contributed by atoms with van der Waals surface area (Å²) in [7, 11) is 0. The minimum absolute atomic E-state index is 0.109. The van der Waals surface area contributed by atoms with Crippen molar-refractivity contribution in [1.82, 2.24) is 0 Å². The van der Waals surface area contributed by atoms with Crippen molar-refractivity contribution in [2.75, 3.05) is 11.9 Å². The zero-order chi connectivity index (χ0) is 11.8. The van der Waals surface area contributed by atoms with Gasteiger partial charge in [-0.1, -0.05) is 0 Å². The van der Waals surface area contributed by atoms with Crippen LogP contribution in [0.2, 0.25) is 0 Å². The average molecular weight is 218 g/mol. The van der Waals surface area contributed by atoms with E-state index in [1.165, 1.54) is 12.1 Å². The molecule has 0 aromatic heterocycles. The van der Waals surface area contributed by atoms with E-state index in [1.807, 2.05) is 0 Å². The second-order valence-corrected chi connectivity index (χ2v) is 3.39. The van der Waals surface area contributed by atoms with Crippen molar-refractivity contribution >= 4 is 11.4 Å². The van der Waals surface area contributed by atoms with Crippen LogP contribution in [0.1, 0.15) is 19.3 Å². The van der Waals surface area contributed by atoms with Gasteiger partial charge in [0, 0.05) is 30.8 Å². The van der Waals surface area contributed by atoms with Gasteiger partial charge in [-0.2, -0.15) is 0 Å². The van der Waals surface area contributed by atoms with Crippen molar-refractivity contribution in [2.24, 2.45) is 0 Å². The van der Waals surface area contributed by atoms with Crippen molar-refractivity contribution in [2.45, 2.75) is 19.3 Å². The van der Waals surface area contributed by atoms with Crippen molar-refractivity contribution in [3.8, 4) is 12.3 Å². The highest BCUT2D eigenvalue weighted by molar-refractivity contribution is 5.48. The first-order valence-electron chi connectivity index (χ1n) is 5.16. The van der Waals surface area contributed by atoms with E-state index >= 15 is 0 Å². The normalized spacial score (nSPS) is 9.44. The molecule has 0 aliphatic rings. The molecule has 0 aliphatic heterocycles. The Kier molecular flexibility index (Phi) is 4.87. The van der Waals surface area contributed by atoms with E-state index in [0.29, 0.717) is 0 Å². The summed E-state index contributed by atoms with van der Waals surface area (Å²) in [6.07, 6.45) is 7.92. The number of hydrogen-bond acceptors (Lipinski definition) is 3. The second-order valence-electron chi connectivity index (χ2n) is 3.39. The highest BCUT2D eigenvalue weighted by Gasteiger charge is 2.02. The van der Waals surface area contributed by atoms with Gasteiger partial charge in [-0.05, 0) is 25.0 Å². The molecule has 0 radical (unpaired) electrons. The van der Waals surface area contributed by atoms with E-state index in [0.717, 1.165) is 31.5 Å². The van der Waals surface area contributed by atoms with E-state index in [4.69, 9.17) is 6.42 Å². The average Bonchev–Trinajstić information content (AvgIpc) is 2.29. The molecule has 0 bridgehead atoms. The summed E-state index contributed by atoms with van der Waals surface area (Å²) in [5, 5.41) is 13.6. The van der Waals surface area contributed by atoms with E-state index < -0.39 is 4.92 Å².